The Bertz CT molecular complexity index is 933. The molecule has 0 aliphatic carbocycles. The third-order valence-corrected chi connectivity index (χ3v) is 8.23. The van der Waals surface area contributed by atoms with E-state index in [4.69, 9.17) is 33.7 Å². The molecule has 1 aliphatic rings. The number of carbonyl (C=O) groups excluding carboxylic acids is 3. The molecule has 1 aromatic rings. The molecular formula is C23H34NO10PS. The summed E-state index contributed by atoms with van der Waals surface area (Å²) in [4.78, 5) is 36.7. The molecule has 1 heterocycles. The maximum atomic E-state index is 13.1. The van der Waals surface area contributed by atoms with E-state index in [0.717, 1.165) is 4.90 Å². The van der Waals surface area contributed by atoms with Crippen LogP contribution in [0.25, 0.3) is 0 Å². The summed E-state index contributed by atoms with van der Waals surface area (Å²) in [7, 11) is -3.46. The van der Waals surface area contributed by atoms with Crippen molar-refractivity contribution in [1.82, 2.24) is 0 Å². The Morgan fingerprint density at radius 2 is 1.39 bits per heavy atom. The molecule has 1 fully saturated rings. The van der Waals surface area contributed by atoms with E-state index in [9.17, 15) is 18.9 Å². The summed E-state index contributed by atoms with van der Waals surface area (Å²) in [5.74, 6) is -1.96. The summed E-state index contributed by atoms with van der Waals surface area (Å²) >= 11 is 1.21. The van der Waals surface area contributed by atoms with Crippen LogP contribution in [0.15, 0.2) is 29.2 Å². The third-order valence-electron chi connectivity index (χ3n) is 4.97. The number of esters is 3. The van der Waals surface area contributed by atoms with Gasteiger partial charge in [-0.2, -0.15) is 0 Å². The lowest BCUT2D eigenvalue weighted by molar-refractivity contribution is -0.232. The first-order valence-electron chi connectivity index (χ1n) is 11.6. The van der Waals surface area contributed by atoms with Gasteiger partial charge in [0, 0.05) is 31.4 Å². The number of anilines is 1. The van der Waals surface area contributed by atoms with Crippen LogP contribution in [0.4, 0.5) is 5.69 Å². The van der Waals surface area contributed by atoms with E-state index >= 15 is 0 Å². The maximum Gasteiger partial charge on any atom is 0.330 e. The number of carbonyl (C=O) groups is 3. The summed E-state index contributed by atoms with van der Waals surface area (Å²) in [5.41, 5.74) is 5.48. The van der Waals surface area contributed by atoms with Gasteiger partial charge in [-0.15, -0.1) is 0 Å². The minimum Gasteiger partial charge on any atom is -0.456 e. The van der Waals surface area contributed by atoms with Crippen molar-refractivity contribution in [2.24, 2.45) is 0 Å². The fourth-order valence-electron chi connectivity index (χ4n) is 3.71. The molecule has 0 bridgehead atoms. The average molecular weight is 548 g/mol. The van der Waals surface area contributed by atoms with Crippen molar-refractivity contribution in [2.75, 3.05) is 25.1 Å². The monoisotopic (exact) mass is 547 g/mol. The average Bonchev–Trinajstić information content (AvgIpc) is 2.77. The van der Waals surface area contributed by atoms with Crippen molar-refractivity contribution in [1.29, 1.82) is 0 Å². The summed E-state index contributed by atoms with van der Waals surface area (Å²) in [5, 5.41) is 0. The first-order chi connectivity index (χ1) is 17.0. The Morgan fingerprint density at radius 1 is 0.889 bits per heavy atom. The molecule has 0 aromatic heterocycles. The zero-order valence-electron chi connectivity index (χ0n) is 21.0. The van der Waals surface area contributed by atoms with Crippen LogP contribution in [0.1, 0.15) is 41.0 Å². The standard InChI is InChI=1S/C23H34NO10PS/c1-6-29-35(28,30-7-2)13-12-19-20(31-14(3)25)21(32-15(4)26)22(33-16(5)27)23(34-19)36-18-10-8-17(24)9-11-18/h8-11,19-23H,6-7,12-13,24H2,1-5H3/t19-,20-,21+,22+,23-/m1/s1. The first kappa shape index (κ1) is 30.1. The number of nitrogens with two attached hydrogens (primary N) is 1. The summed E-state index contributed by atoms with van der Waals surface area (Å²) in [6.45, 7) is 7.36. The van der Waals surface area contributed by atoms with E-state index in [0.29, 0.717) is 5.69 Å². The van der Waals surface area contributed by atoms with Gasteiger partial charge in [-0.05, 0) is 44.5 Å². The molecule has 1 aromatic carbocycles. The minimum absolute atomic E-state index is 0.0403. The van der Waals surface area contributed by atoms with Gasteiger partial charge in [0.1, 0.15) is 11.5 Å². The quantitative estimate of drug-likeness (QED) is 0.176. The van der Waals surface area contributed by atoms with Crippen LogP contribution < -0.4 is 5.73 Å². The molecule has 1 saturated heterocycles. The molecular weight excluding hydrogens is 513 g/mol. The topological polar surface area (TPSA) is 150 Å². The van der Waals surface area contributed by atoms with Crippen LogP contribution in [0.5, 0.6) is 0 Å². The van der Waals surface area contributed by atoms with E-state index in [1.54, 1.807) is 38.1 Å². The highest BCUT2D eigenvalue weighted by Gasteiger charge is 2.52. The van der Waals surface area contributed by atoms with Gasteiger partial charge in [0.2, 0.25) is 0 Å². The van der Waals surface area contributed by atoms with Crippen LogP contribution >= 0.6 is 19.4 Å². The van der Waals surface area contributed by atoms with Crippen molar-refractivity contribution in [2.45, 2.75) is 75.8 Å². The Kier molecular flexibility index (Phi) is 11.7. The molecule has 13 heteroatoms. The van der Waals surface area contributed by atoms with Crippen LogP contribution in [0, 0.1) is 0 Å². The highest BCUT2D eigenvalue weighted by molar-refractivity contribution is 7.99. The number of ether oxygens (including phenoxy) is 4. The van der Waals surface area contributed by atoms with E-state index in [-0.39, 0.29) is 25.8 Å². The third kappa shape index (κ3) is 9.08. The molecule has 0 amide bonds. The number of benzene rings is 1. The lowest BCUT2D eigenvalue weighted by Crippen LogP contribution is -2.60. The van der Waals surface area contributed by atoms with Gasteiger partial charge in [-0.25, -0.2) is 0 Å². The van der Waals surface area contributed by atoms with Crippen molar-refractivity contribution in [3.8, 4) is 0 Å². The zero-order valence-corrected chi connectivity index (χ0v) is 22.8. The van der Waals surface area contributed by atoms with E-state index < -0.39 is 55.4 Å². The molecule has 2 N–H and O–H groups in total. The summed E-state index contributed by atoms with van der Waals surface area (Å²) in [6.07, 6.45) is -4.28. The van der Waals surface area contributed by atoms with E-state index in [2.05, 4.69) is 0 Å². The van der Waals surface area contributed by atoms with Gasteiger partial charge in [0.05, 0.1) is 19.4 Å². The molecule has 11 nitrogen and oxygen atoms in total. The molecule has 202 valence electrons. The summed E-state index contributed by atoms with van der Waals surface area (Å²) in [6, 6.07) is 6.94. The number of hydrogen-bond donors (Lipinski definition) is 1. The molecule has 5 atom stereocenters. The molecule has 2 rings (SSSR count). The van der Waals surface area contributed by atoms with Crippen LogP contribution in [-0.2, 0) is 46.9 Å². The maximum absolute atomic E-state index is 13.1. The fourth-order valence-corrected chi connectivity index (χ4v) is 6.50. The van der Waals surface area contributed by atoms with Gasteiger partial charge in [-0.1, -0.05) is 11.8 Å². The molecule has 1 aliphatic heterocycles. The Labute approximate surface area is 215 Å². The van der Waals surface area contributed by atoms with Gasteiger partial charge >= 0.3 is 25.5 Å². The lowest BCUT2D eigenvalue weighted by Gasteiger charge is -2.44. The molecule has 0 radical (unpaired) electrons. The fraction of sp³-hybridized carbons (Fsp3) is 0.609. The van der Waals surface area contributed by atoms with Gasteiger partial charge in [0.25, 0.3) is 0 Å². The molecule has 36 heavy (non-hydrogen) atoms. The Morgan fingerprint density at radius 3 is 1.89 bits per heavy atom. The number of nitrogen functional groups attached to an aromatic ring is 1. The van der Waals surface area contributed by atoms with E-state index in [1.165, 1.54) is 32.5 Å². The second-order valence-corrected chi connectivity index (χ2v) is 11.3. The SMILES string of the molecule is CCOP(=O)(CC[C@H]1O[C@H](Sc2ccc(N)cc2)[C@@H](OC(C)=O)[C@@H](OC(C)=O)[C@@H]1OC(C)=O)OCC. The zero-order chi connectivity index (χ0) is 26.9. The van der Waals surface area contributed by atoms with E-state index in [1.807, 2.05) is 0 Å². The predicted octanol–water partition coefficient (Wildman–Crippen LogP) is 3.54. The van der Waals surface area contributed by atoms with Crippen molar-refractivity contribution in [3.63, 3.8) is 0 Å². The van der Waals surface area contributed by atoms with Crippen LogP contribution in [-0.4, -0.2) is 67.1 Å². The van der Waals surface area contributed by atoms with Crippen LogP contribution in [0.2, 0.25) is 0 Å². The van der Waals surface area contributed by atoms with Crippen LogP contribution in [0.3, 0.4) is 0 Å². The molecule has 0 saturated carbocycles. The first-order valence-corrected chi connectivity index (χ1v) is 14.2. The number of thioether (sulfide) groups is 1. The second-order valence-electron chi connectivity index (χ2n) is 7.91. The predicted molar refractivity (Wildman–Crippen MR) is 132 cm³/mol. The normalized spacial score (nSPS) is 24.1. The van der Waals surface area contributed by atoms with Crippen molar-refractivity contribution >= 4 is 43.0 Å². The Hall–Kier alpha value is -2.11. The highest BCUT2D eigenvalue weighted by atomic mass is 32.2. The van der Waals surface area contributed by atoms with Gasteiger partial charge in [-0.3, -0.25) is 18.9 Å². The van der Waals surface area contributed by atoms with Crippen molar-refractivity contribution < 1.29 is 46.9 Å². The van der Waals surface area contributed by atoms with Crippen molar-refractivity contribution in [3.05, 3.63) is 24.3 Å². The second kappa shape index (κ2) is 14.0. The molecule has 0 spiro atoms. The van der Waals surface area contributed by atoms with Gasteiger partial charge < -0.3 is 33.7 Å². The Balaban J connectivity index is 2.45. The number of rotatable bonds is 12. The highest BCUT2D eigenvalue weighted by Crippen LogP contribution is 2.50. The smallest absolute Gasteiger partial charge is 0.330 e. The largest absolute Gasteiger partial charge is 0.456 e. The minimum atomic E-state index is -3.46. The van der Waals surface area contributed by atoms with Gasteiger partial charge in [0.15, 0.2) is 18.3 Å². The number of hydrogen-bond acceptors (Lipinski definition) is 12. The molecule has 0 unspecified atom stereocenters. The summed E-state index contributed by atoms with van der Waals surface area (Å²) < 4.78 is 46.6. The lowest BCUT2D eigenvalue weighted by atomic mass is 9.97.